The summed E-state index contributed by atoms with van der Waals surface area (Å²) < 4.78 is 19.8. The van der Waals surface area contributed by atoms with Crippen molar-refractivity contribution in [3.05, 3.63) is 23.6 Å². The largest absolute Gasteiger partial charge is 0.377 e. The molecule has 1 aromatic heterocycles. The summed E-state index contributed by atoms with van der Waals surface area (Å²) in [4.78, 5) is 18.0. The molecule has 2 rings (SSSR count). The minimum atomic E-state index is -0.586. The van der Waals surface area contributed by atoms with Crippen molar-refractivity contribution in [2.45, 2.75) is 26.4 Å². The molecule has 0 aromatic carbocycles. The van der Waals surface area contributed by atoms with Crippen molar-refractivity contribution in [1.82, 2.24) is 9.88 Å². The van der Waals surface area contributed by atoms with Gasteiger partial charge in [0.25, 0.3) is 5.91 Å². The first-order valence-corrected chi connectivity index (χ1v) is 6.92. The van der Waals surface area contributed by atoms with Crippen LogP contribution >= 0.6 is 0 Å². The summed E-state index contributed by atoms with van der Waals surface area (Å²) in [5, 5.41) is 2.81. The Kier molecular flexibility index (Phi) is 4.89. The van der Waals surface area contributed by atoms with Crippen LogP contribution in [0, 0.1) is 5.82 Å². The molecule has 1 saturated heterocycles. The Bertz CT molecular complexity index is 481. The third-order valence-corrected chi connectivity index (χ3v) is 3.20. The summed E-state index contributed by atoms with van der Waals surface area (Å²) >= 11 is 0. The van der Waals surface area contributed by atoms with E-state index in [9.17, 15) is 9.18 Å². The lowest BCUT2D eigenvalue weighted by Crippen LogP contribution is -2.36. The van der Waals surface area contributed by atoms with Gasteiger partial charge in [-0.05, 0) is 26.3 Å². The van der Waals surface area contributed by atoms with E-state index in [0.717, 1.165) is 6.42 Å². The van der Waals surface area contributed by atoms with Gasteiger partial charge in [0.15, 0.2) is 11.6 Å². The highest BCUT2D eigenvalue weighted by molar-refractivity contribution is 5.95. The Balaban J connectivity index is 2.21. The van der Waals surface area contributed by atoms with E-state index in [4.69, 9.17) is 4.74 Å². The Morgan fingerprint density at radius 2 is 2.45 bits per heavy atom. The van der Waals surface area contributed by atoms with E-state index >= 15 is 0 Å². The molecule has 20 heavy (non-hydrogen) atoms. The molecule has 1 amide bonds. The molecule has 5 nitrogen and oxygen atoms in total. The van der Waals surface area contributed by atoms with Gasteiger partial charge in [-0.2, -0.15) is 0 Å². The molecule has 0 radical (unpaired) electrons. The second-order valence-corrected chi connectivity index (χ2v) is 4.84. The normalized spacial score (nSPS) is 19.6. The molecular weight excluding hydrogens is 261 g/mol. The van der Waals surface area contributed by atoms with E-state index in [1.165, 1.54) is 12.3 Å². The lowest BCUT2D eigenvalue weighted by molar-refractivity contribution is 0.0560. The molecule has 1 N–H and O–H groups in total. The maximum atomic E-state index is 14.3. The van der Waals surface area contributed by atoms with Gasteiger partial charge >= 0.3 is 0 Å². The van der Waals surface area contributed by atoms with Crippen LogP contribution in [0.5, 0.6) is 0 Å². The fraction of sp³-hybridized carbons (Fsp3) is 0.571. The maximum Gasteiger partial charge on any atom is 0.257 e. The van der Waals surface area contributed by atoms with Crippen LogP contribution in [0.15, 0.2) is 12.3 Å². The molecule has 6 heteroatoms. The van der Waals surface area contributed by atoms with Crippen molar-refractivity contribution in [2.24, 2.45) is 0 Å². The quantitative estimate of drug-likeness (QED) is 0.919. The summed E-state index contributed by atoms with van der Waals surface area (Å²) in [6.07, 6.45) is 2.19. The smallest absolute Gasteiger partial charge is 0.257 e. The molecule has 0 bridgehead atoms. The Morgan fingerprint density at radius 3 is 3.20 bits per heavy atom. The van der Waals surface area contributed by atoms with Crippen molar-refractivity contribution in [1.29, 1.82) is 0 Å². The first-order chi connectivity index (χ1) is 9.63. The van der Waals surface area contributed by atoms with Gasteiger partial charge in [-0.3, -0.25) is 4.79 Å². The highest BCUT2D eigenvalue weighted by atomic mass is 19.1. The van der Waals surface area contributed by atoms with Gasteiger partial charge in [-0.25, -0.2) is 9.37 Å². The van der Waals surface area contributed by atoms with Crippen LogP contribution in [0.2, 0.25) is 0 Å². The lowest BCUT2D eigenvalue weighted by Gasteiger charge is -2.22. The van der Waals surface area contributed by atoms with Crippen molar-refractivity contribution in [3.63, 3.8) is 0 Å². The SMILES string of the molecule is CCNc1nccc(C(=O)N2CCCOC(C)C2)c1F. The molecule has 0 aliphatic carbocycles. The topological polar surface area (TPSA) is 54.5 Å². The molecule has 1 aliphatic rings. The molecule has 0 spiro atoms. The number of hydrogen-bond donors (Lipinski definition) is 1. The van der Waals surface area contributed by atoms with Crippen molar-refractivity contribution < 1.29 is 13.9 Å². The number of nitrogens with one attached hydrogen (secondary N) is 1. The summed E-state index contributed by atoms with van der Waals surface area (Å²) in [5.41, 5.74) is 0.0602. The summed E-state index contributed by atoms with van der Waals surface area (Å²) in [6, 6.07) is 1.43. The maximum absolute atomic E-state index is 14.3. The number of pyridine rings is 1. The van der Waals surface area contributed by atoms with Crippen LogP contribution < -0.4 is 5.32 Å². The lowest BCUT2D eigenvalue weighted by atomic mass is 10.2. The zero-order chi connectivity index (χ0) is 14.5. The van der Waals surface area contributed by atoms with Crippen molar-refractivity contribution in [3.8, 4) is 0 Å². The molecule has 1 fully saturated rings. The van der Waals surface area contributed by atoms with E-state index in [0.29, 0.717) is 26.2 Å². The predicted octanol–water partition coefficient (Wildman–Crippen LogP) is 1.90. The average Bonchev–Trinajstić information content (AvgIpc) is 2.65. The molecule has 1 aliphatic heterocycles. The van der Waals surface area contributed by atoms with Crippen LogP contribution in [-0.2, 0) is 4.74 Å². The minimum absolute atomic E-state index is 0.0282. The molecule has 0 saturated carbocycles. The second-order valence-electron chi connectivity index (χ2n) is 4.84. The van der Waals surface area contributed by atoms with Crippen molar-refractivity contribution in [2.75, 3.05) is 31.6 Å². The van der Waals surface area contributed by atoms with Crippen LogP contribution in [0.3, 0.4) is 0 Å². The second kappa shape index (κ2) is 6.65. The van der Waals surface area contributed by atoms with E-state index in [2.05, 4.69) is 10.3 Å². The summed E-state index contributed by atoms with van der Waals surface area (Å²) in [5.74, 6) is -0.768. The first kappa shape index (κ1) is 14.7. The van der Waals surface area contributed by atoms with Gasteiger partial charge < -0.3 is 15.0 Å². The number of halogens is 1. The number of nitrogens with zero attached hydrogens (tertiary/aromatic N) is 2. The van der Waals surface area contributed by atoms with Crippen LogP contribution in [0.1, 0.15) is 30.6 Å². The molecule has 2 heterocycles. The van der Waals surface area contributed by atoms with Gasteiger partial charge in [0, 0.05) is 32.4 Å². The minimum Gasteiger partial charge on any atom is -0.377 e. The molecular formula is C14H20FN3O2. The number of hydrogen-bond acceptors (Lipinski definition) is 4. The van der Waals surface area contributed by atoms with Crippen LogP contribution in [-0.4, -0.2) is 48.1 Å². The zero-order valence-corrected chi connectivity index (χ0v) is 11.9. The van der Waals surface area contributed by atoms with E-state index in [1.807, 2.05) is 13.8 Å². The third-order valence-electron chi connectivity index (χ3n) is 3.20. The molecule has 1 atom stereocenters. The van der Waals surface area contributed by atoms with Gasteiger partial charge in [0.1, 0.15) is 0 Å². The fourth-order valence-electron chi connectivity index (χ4n) is 2.25. The number of aromatic nitrogens is 1. The predicted molar refractivity (Wildman–Crippen MR) is 74.3 cm³/mol. The number of amides is 1. The number of carbonyl (C=O) groups is 1. The highest BCUT2D eigenvalue weighted by Gasteiger charge is 2.24. The standard InChI is InChI=1S/C14H20FN3O2/c1-3-16-13-12(15)11(5-6-17-13)14(19)18-7-4-8-20-10(2)9-18/h5-6,10H,3-4,7-9H2,1-2H3,(H,16,17). The Labute approximate surface area is 118 Å². The van der Waals surface area contributed by atoms with E-state index < -0.39 is 5.82 Å². The van der Waals surface area contributed by atoms with E-state index in [1.54, 1.807) is 4.90 Å². The van der Waals surface area contributed by atoms with Crippen LogP contribution in [0.25, 0.3) is 0 Å². The third kappa shape index (κ3) is 3.25. The highest BCUT2D eigenvalue weighted by Crippen LogP contribution is 2.18. The van der Waals surface area contributed by atoms with Crippen molar-refractivity contribution >= 4 is 11.7 Å². The molecule has 110 valence electrons. The number of rotatable bonds is 3. The summed E-state index contributed by atoms with van der Waals surface area (Å²) in [7, 11) is 0. The number of ether oxygens (including phenoxy) is 1. The van der Waals surface area contributed by atoms with Crippen LogP contribution in [0.4, 0.5) is 10.2 Å². The van der Waals surface area contributed by atoms with E-state index in [-0.39, 0.29) is 23.4 Å². The fourth-order valence-corrected chi connectivity index (χ4v) is 2.25. The zero-order valence-electron chi connectivity index (χ0n) is 11.9. The van der Waals surface area contributed by atoms with Gasteiger partial charge in [0.2, 0.25) is 0 Å². The van der Waals surface area contributed by atoms with Gasteiger partial charge in [0.05, 0.1) is 11.7 Å². The first-order valence-electron chi connectivity index (χ1n) is 6.92. The average molecular weight is 281 g/mol. The summed E-state index contributed by atoms with van der Waals surface area (Å²) in [6.45, 7) is 6.02. The number of carbonyl (C=O) groups excluding carboxylic acids is 1. The molecule has 1 aromatic rings. The number of anilines is 1. The molecule has 1 unspecified atom stereocenters. The monoisotopic (exact) mass is 281 g/mol. The Morgan fingerprint density at radius 1 is 1.65 bits per heavy atom. The van der Waals surface area contributed by atoms with Gasteiger partial charge in [-0.1, -0.05) is 0 Å². The van der Waals surface area contributed by atoms with Gasteiger partial charge in [-0.15, -0.1) is 0 Å². The Hall–Kier alpha value is -1.69.